The zero-order chi connectivity index (χ0) is 15.5. The van der Waals surface area contributed by atoms with Crippen molar-refractivity contribution < 1.29 is 18.3 Å². The number of esters is 1. The number of ether oxygens (including phenoxy) is 1. The largest absolute Gasteiger partial charge is 0.455 e. The average Bonchev–Trinajstić information content (AvgIpc) is 2.48. The number of hydrogen-bond donors (Lipinski definition) is 1. The van der Waals surface area contributed by atoms with Crippen LogP contribution in [0.15, 0.2) is 48.5 Å². The molecule has 0 radical (unpaired) electrons. The topological polar surface area (TPSA) is 52.3 Å². The molecule has 0 amide bonds. The van der Waals surface area contributed by atoms with Crippen molar-refractivity contribution in [1.29, 1.82) is 0 Å². The third-order valence-electron chi connectivity index (χ3n) is 3.09. The summed E-state index contributed by atoms with van der Waals surface area (Å²) in [6.07, 6.45) is 0. The molecule has 21 heavy (non-hydrogen) atoms. The van der Waals surface area contributed by atoms with Crippen LogP contribution in [0, 0.1) is 6.92 Å². The predicted molar refractivity (Wildman–Crippen MR) is 76.2 cm³/mol. The fraction of sp³-hybridized carbons (Fsp3) is 0.188. The Hall–Kier alpha value is -2.43. The molecule has 0 aromatic heterocycles. The first-order chi connectivity index (χ1) is 9.90. The van der Waals surface area contributed by atoms with Gasteiger partial charge in [-0.1, -0.05) is 30.3 Å². The minimum absolute atomic E-state index is 0.189. The van der Waals surface area contributed by atoms with Gasteiger partial charge in [0.1, 0.15) is 0 Å². The van der Waals surface area contributed by atoms with E-state index < -0.39 is 18.5 Å². The Kier molecular flexibility index (Phi) is 4.21. The van der Waals surface area contributed by atoms with Crippen molar-refractivity contribution in [3.05, 3.63) is 65.2 Å². The quantitative estimate of drug-likeness (QED) is 0.692. The lowest BCUT2D eigenvalue weighted by atomic mass is 10.1. The zero-order valence-electron chi connectivity index (χ0n) is 11.5. The van der Waals surface area contributed by atoms with E-state index in [1.54, 1.807) is 19.1 Å². The molecule has 110 valence electrons. The predicted octanol–water partition coefficient (Wildman–Crippen LogP) is 3.53. The van der Waals surface area contributed by atoms with E-state index in [1.807, 2.05) is 0 Å². The van der Waals surface area contributed by atoms with Gasteiger partial charge in [0.2, 0.25) is 0 Å². The smallest absolute Gasteiger partial charge is 0.338 e. The van der Waals surface area contributed by atoms with Crippen molar-refractivity contribution in [2.75, 3.05) is 12.3 Å². The van der Waals surface area contributed by atoms with Crippen LogP contribution in [-0.2, 0) is 10.7 Å². The number of carbonyl (C=O) groups is 1. The van der Waals surface area contributed by atoms with Gasteiger partial charge >= 0.3 is 11.9 Å². The molecule has 0 spiro atoms. The van der Waals surface area contributed by atoms with Crippen LogP contribution in [-0.4, -0.2) is 12.6 Å². The number of halogens is 2. The van der Waals surface area contributed by atoms with Crippen LogP contribution in [0.25, 0.3) is 0 Å². The third-order valence-corrected chi connectivity index (χ3v) is 3.09. The lowest BCUT2D eigenvalue weighted by Crippen LogP contribution is -2.23. The number of aryl methyl sites for hydroxylation is 1. The molecule has 2 N–H and O–H groups in total. The summed E-state index contributed by atoms with van der Waals surface area (Å²) < 4.78 is 32.5. The Labute approximate surface area is 121 Å². The normalized spacial score (nSPS) is 11.2. The SMILES string of the molecule is Cc1cc(C(=O)OCC(F)(F)c2ccccc2)ccc1N. The molecule has 0 aliphatic heterocycles. The maximum atomic E-state index is 13.9. The van der Waals surface area contributed by atoms with E-state index in [9.17, 15) is 13.6 Å². The van der Waals surface area contributed by atoms with Crippen LogP contribution in [0.2, 0.25) is 0 Å². The number of nitrogens with two attached hydrogens (primary N) is 1. The van der Waals surface area contributed by atoms with E-state index in [4.69, 9.17) is 10.5 Å². The van der Waals surface area contributed by atoms with E-state index in [0.29, 0.717) is 11.3 Å². The number of benzene rings is 2. The molecule has 0 aliphatic carbocycles. The molecular formula is C16H15F2NO2. The van der Waals surface area contributed by atoms with Gasteiger partial charge in [-0.2, -0.15) is 8.78 Å². The summed E-state index contributed by atoms with van der Waals surface area (Å²) in [5.41, 5.74) is 6.87. The molecule has 0 aliphatic rings. The Morgan fingerprint density at radius 2 is 1.86 bits per heavy atom. The van der Waals surface area contributed by atoms with Gasteiger partial charge in [-0.3, -0.25) is 0 Å². The highest BCUT2D eigenvalue weighted by Crippen LogP contribution is 2.28. The van der Waals surface area contributed by atoms with Gasteiger partial charge in [-0.05, 0) is 30.7 Å². The second-order valence-electron chi connectivity index (χ2n) is 4.72. The first-order valence-corrected chi connectivity index (χ1v) is 6.37. The van der Waals surface area contributed by atoms with Crippen LogP contribution in [0.4, 0.5) is 14.5 Å². The number of rotatable bonds is 4. The summed E-state index contributed by atoms with van der Waals surface area (Å²) in [6.45, 7) is 0.726. The van der Waals surface area contributed by atoms with Crippen LogP contribution < -0.4 is 5.73 Å². The van der Waals surface area contributed by atoms with E-state index in [-0.39, 0.29) is 11.1 Å². The van der Waals surface area contributed by atoms with Crippen LogP contribution >= 0.6 is 0 Å². The zero-order valence-corrected chi connectivity index (χ0v) is 11.5. The van der Waals surface area contributed by atoms with Gasteiger partial charge in [0.15, 0.2) is 6.61 Å². The summed E-state index contributed by atoms with van der Waals surface area (Å²) in [4.78, 5) is 11.8. The molecule has 0 saturated carbocycles. The average molecular weight is 291 g/mol. The summed E-state index contributed by atoms with van der Waals surface area (Å²) in [6, 6.07) is 11.7. The van der Waals surface area contributed by atoms with Crippen LogP contribution in [0.1, 0.15) is 21.5 Å². The minimum Gasteiger partial charge on any atom is -0.455 e. The molecule has 0 bridgehead atoms. The van der Waals surface area contributed by atoms with Gasteiger partial charge in [0, 0.05) is 11.3 Å². The number of anilines is 1. The van der Waals surface area contributed by atoms with Gasteiger partial charge in [0.25, 0.3) is 0 Å². The van der Waals surface area contributed by atoms with Gasteiger partial charge in [0.05, 0.1) is 5.56 Å². The van der Waals surface area contributed by atoms with Crippen LogP contribution in [0.3, 0.4) is 0 Å². The van der Waals surface area contributed by atoms with Crippen molar-refractivity contribution in [1.82, 2.24) is 0 Å². The fourth-order valence-corrected chi connectivity index (χ4v) is 1.81. The summed E-state index contributed by atoms with van der Waals surface area (Å²) in [7, 11) is 0. The van der Waals surface area contributed by atoms with Crippen LogP contribution in [0.5, 0.6) is 0 Å². The lowest BCUT2D eigenvalue weighted by Gasteiger charge is -2.16. The number of hydrogen-bond acceptors (Lipinski definition) is 3. The van der Waals surface area contributed by atoms with Crippen molar-refractivity contribution >= 4 is 11.7 Å². The molecule has 2 aromatic carbocycles. The molecule has 2 rings (SSSR count). The molecule has 0 atom stereocenters. The third kappa shape index (κ3) is 3.56. The molecule has 0 unspecified atom stereocenters. The van der Waals surface area contributed by atoms with Gasteiger partial charge < -0.3 is 10.5 Å². The number of nitrogen functional groups attached to an aromatic ring is 1. The van der Waals surface area contributed by atoms with E-state index in [0.717, 1.165) is 0 Å². The summed E-state index contributed by atoms with van der Waals surface area (Å²) in [5, 5.41) is 0. The first-order valence-electron chi connectivity index (χ1n) is 6.37. The van der Waals surface area contributed by atoms with E-state index >= 15 is 0 Å². The van der Waals surface area contributed by atoms with E-state index in [2.05, 4.69) is 0 Å². The fourth-order valence-electron chi connectivity index (χ4n) is 1.81. The maximum Gasteiger partial charge on any atom is 0.338 e. The standard InChI is InChI=1S/C16H15F2NO2/c1-11-9-12(7-8-14(11)19)15(20)21-10-16(17,18)13-5-3-2-4-6-13/h2-9H,10,19H2,1H3. The maximum absolute atomic E-state index is 13.9. The van der Waals surface area contributed by atoms with Gasteiger partial charge in [-0.25, -0.2) is 4.79 Å². The van der Waals surface area contributed by atoms with Crippen molar-refractivity contribution in [3.8, 4) is 0 Å². The van der Waals surface area contributed by atoms with E-state index in [1.165, 1.54) is 36.4 Å². The summed E-state index contributed by atoms with van der Waals surface area (Å²) in [5.74, 6) is -4.02. The highest BCUT2D eigenvalue weighted by atomic mass is 19.3. The Morgan fingerprint density at radius 3 is 2.48 bits per heavy atom. The number of carbonyl (C=O) groups excluding carboxylic acids is 1. The monoisotopic (exact) mass is 291 g/mol. The second kappa shape index (κ2) is 5.91. The van der Waals surface area contributed by atoms with Crippen molar-refractivity contribution in [3.63, 3.8) is 0 Å². The molecule has 3 nitrogen and oxygen atoms in total. The lowest BCUT2D eigenvalue weighted by molar-refractivity contribution is -0.0661. The molecule has 2 aromatic rings. The molecule has 0 saturated heterocycles. The van der Waals surface area contributed by atoms with Crippen molar-refractivity contribution in [2.24, 2.45) is 0 Å². The number of alkyl halides is 2. The molecule has 0 fully saturated rings. The Balaban J connectivity index is 2.05. The molecular weight excluding hydrogens is 276 g/mol. The summed E-state index contributed by atoms with van der Waals surface area (Å²) >= 11 is 0. The Morgan fingerprint density at radius 1 is 1.19 bits per heavy atom. The first kappa shape index (κ1) is 15.0. The molecule has 0 heterocycles. The molecule has 5 heteroatoms. The van der Waals surface area contributed by atoms with Gasteiger partial charge in [-0.15, -0.1) is 0 Å². The Bertz CT molecular complexity index is 642. The minimum atomic E-state index is -3.22. The highest BCUT2D eigenvalue weighted by Gasteiger charge is 2.33. The van der Waals surface area contributed by atoms with Crippen molar-refractivity contribution in [2.45, 2.75) is 12.8 Å². The highest BCUT2D eigenvalue weighted by molar-refractivity contribution is 5.90. The second-order valence-corrected chi connectivity index (χ2v) is 4.72.